The maximum Gasteiger partial charge on any atom is 0.160 e. The summed E-state index contributed by atoms with van der Waals surface area (Å²) in [6.45, 7) is 1.97. The fraction of sp³-hybridized carbons (Fsp3) is 0.455. The first kappa shape index (κ1) is 8.85. The Hall–Kier alpha value is -1.42. The first-order chi connectivity index (χ1) is 7.27. The number of rotatable bonds is 2. The zero-order valence-electron chi connectivity index (χ0n) is 8.72. The van der Waals surface area contributed by atoms with Gasteiger partial charge in [0.05, 0.1) is 6.04 Å². The van der Waals surface area contributed by atoms with Gasteiger partial charge in [0.25, 0.3) is 0 Å². The number of hydrogen-bond donors (Lipinski definition) is 1. The summed E-state index contributed by atoms with van der Waals surface area (Å²) in [5.74, 6) is 0.964. The predicted molar refractivity (Wildman–Crippen MR) is 58.4 cm³/mol. The molecule has 0 aliphatic heterocycles. The molecule has 1 aliphatic rings. The summed E-state index contributed by atoms with van der Waals surface area (Å²) in [6.07, 6.45) is 4.26. The van der Waals surface area contributed by atoms with Gasteiger partial charge < -0.3 is 10.3 Å². The molecule has 1 unspecified atom stereocenters. The molecule has 1 fully saturated rings. The Balaban J connectivity index is 2.28. The van der Waals surface area contributed by atoms with Gasteiger partial charge in [0.15, 0.2) is 5.65 Å². The lowest BCUT2D eigenvalue weighted by Gasteiger charge is -2.08. The number of nitrogens with zero attached hydrogens (tertiary/aromatic N) is 3. The van der Waals surface area contributed by atoms with Gasteiger partial charge in [-0.2, -0.15) is 0 Å². The smallest absolute Gasteiger partial charge is 0.160 e. The van der Waals surface area contributed by atoms with E-state index < -0.39 is 0 Å². The highest BCUT2D eigenvalue weighted by Crippen LogP contribution is 2.38. The summed E-state index contributed by atoms with van der Waals surface area (Å²) in [5.41, 5.74) is 7.87. The predicted octanol–water partition coefficient (Wildman–Crippen LogP) is 1.79. The Morgan fingerprint density at radius 3 is 3.00 bits per heavy atom. The zero-order chi connectivity index (χ0) is 10.4. The Bertz CT molecular complexity index is 496. The number of imidazole rings is 1. The van der Waals surface area contributed by atoms with E-state index in [1.807, 2.05) is 25.3 Å². The van der Waals surface area contributed by atoms with Crippen LogP contribution in [0.2, 0.25) is 0 Å². The molecule has 1 aliphatic carbocycles. The van der Waals surface area contributed by atoms with E-state index in [0.717, 1.165) is 17.0 Å². The molecule has 2 aromatic rings. The van der Waals surface area contributed by atoms with Crippen LogP contribution in [0.5, 0.6) is 0 Å². The molecule has 2 heterocycles. The number of hydrogen-bond acceptors (Lipinski definition) is 3. The van der Waals surface area contributed by atoms with Crippen LogP contribution in [-0.4, -0.2) is 14.5 Å². The van der Waals surface area contributed by atoms with Gasteiger partial charge in [-0.05, 0) is 31.9 Å². The van der Waals surface area contributed by atoms with Crippen LogP contribution in [0.1, 0.15) is 37.7 Å². The Morgan fingerprint density at radius 1 is 1.53 bits per heavy atom. The molecule has 78 valence electrons. The molecule has 2 N–H and O–H groups in total. The van der Waals surface area contributed by atoms with Gasteiger partial charge in [-0.1, -0.05) is 0 Å². The van der Waals surface area contributed by atoms with E-state index in [1.54, 1.807) is 0 Å². The lowest BCUT2D eigenvalue weighted by molar-refractivity contribution is 0.635. The van der Waals surface area contributed by atoms with Gasteiger partial charge in [0, 0.05) is 12.2 Å². The van der Waals surface area contributed by atoms with Crippen molar-refractivity contribution >= 4 is 11.2 Å². The SMILES string of the molecule is CC(N)c1nc2cccnc2n1C1CC1. The van der Waals surface area contributed by atoms with Crippen molar-refractivity contribution in [2.24, 2.45) is 5.73 Å². The average Bonchev–Trinajstić information content (AvgIpc) is 2.98. The van der Waals surface area contributed by atoms with Crippen LogP contribution in [0.3, 0.4) is 0 Å². The lowest BCUT2D eigenvalue weighted by Crippen LogP contribution is -2.13. The lowest BCUT2D eigenvalue weighted by atomic mass is 10.3. The van der Waals surface area contributed by atoms with Crippen molar-refractivity contribution in [2.75, 3.05) is 0 Å². The summed E-state index contributed by atoms with van der Waals surface area (Å²) in [7, 11) is 0. The van der Waals surface area contributed by atoms with Crippen LogP contribution in [-0.2, 0) is 0 Å². The van der Waals surface area contributed by atoms with Gasteiger partial charge in [0.1, 0.15) is 11.3 Å². The monoisotopic (exact) mass is 202 g/mol. The third kappa shape index (κ3) is 1.33. The van der Waals surface area contributed by atoms with Gasteiger partial charge in [-0.15, -0.1) is 0 Å². The van der Waals surface area contributed by atoms with E-state index in [0.29, 0.717) is 6.04 Å². The molecule has 1 saturated carbocycles. The second kappa shape index (κ2) is 3.03. The van der Waals surface area contributed by atoms with Crippen LogP contribution in [0.15, 0.2) is 18.3 Å². The van der Waals surface area contributed by atoms with E-state index in [-0.39, 0.29) is 6.04 Å². The average molecular weight is 202 g/mol. The van der Waals surface area contributed by atoms with Gasteiger partial charge in [-0.3, -0.25) is 0 Å². The van der Waals surface area contributed by atoms with Crippen LogP contribution in [0, 0.1) is 0 Å². The zero-order valence-corrected chi connectivity index (χ0v) is 8.72. The van der Waals surface area contributed by atoms with Gasteiger partial charge >= 0.3 is 0 Å². The Labute approximate surface area is 88.1 Å². The number of fused-ring (bicyclic) bond motifs is 1. The molecule has 0 aromatic carbocycles. The summed E-state index contributed by atoms with van der Waals surface area (Å²) in [5, 5.41) is 0. The third-order valence-electron chi connectivity index (χ3n) is 2.80. The topological polar surface area (TPSA) is 56.7 Å². The molecule has 0 bridgehead atoms. The van der Waals surface area contributed by atoms with E-state index in [2.05, 4.69) is 14.5 Å². The maximum absolute atomic E-state index is 5.93. The summed E-state index contributed by atoms with van der Waals surface area (Å²) < 4.78 is 2.21. The standard InChI is InChI=1S/C11H14N4/c1-7(12)10-14-9-3-2-6-13-11(9)15(10)8-4-5-8/h2-3,6-8H,4-5,12H2,1H3. The van der Waals surface area contributed by atoms with E-state index in [1.165, 1.54) is 12.8 Å². The van der Waals surface area contributed by atoms with Gasteiger partial charge in [-0.25, -0.2) is 9.97 Å². The molecule has 4 nitrogen and oxygen atoms in total. The fourth-order valence-electron chi connectivity index (χ4n) is 1.96. The largest absolute Gasteiger partial charge is 0.322 e. The number of aromatic nitrogens is 3. The van der Waals surface area contributed by atoms with Crippen molar-refractivity contribution in [3.05, 3.63) is 24.2 Å². The molecule has 0 amide bonds. The fourth-order valence-corrected chi connectivity index (χ4v) is 1.96. The molecule has 1 atom stereocenters. The van der Waals surface area contributed by atoms with Crippen molar-refractivity contribution in [3.63, 3.8) is 0 Å². The van der Waals surface area contributed by atoms with E-state index >= 15 is 0 Å². The number of nitrogens with two attached hydrogens (primary N) is 1. The minimum Gasteiger partial charge on any atom is -0.322 e. The van der Waals surface area contributed by atoms with Gasteiger partial charge in [0.2, 0.25) is 0 Å². The molecule has 4 heteroatoms. The van der Waals surface area contributed by atoms with E-state index in [9.17, 15) is 0 Å². The highest BCUT2D eigenvalue weighted by atomic mass is 15.2. The summed E-state index contributed by atoms with van der Waals surface area (Å²) in [6, 6.07) is 4.45. The van der Waals surface area contributed by atoms with Crippen LogP contribution in [0.4, 0.5) is 0 Å². The molecule has 0 saturated heterocycles. The van der Waals surface area contributed by atoms with Crippen LogP contribution < -0.4 is 5.73 Å². The molecule has 2 aromatic heterocycles. The first-order valence-corrected chi connectivity index (χ1v) is 5.36. The Morgan fingerprint density at radius 2 is 2.33 bits per heavy atom. The van der Waals surface area contributed by atoms with Crippen LogP contribution in [0.25, 0.3) is 11.2 Å². The second-order valence-corrected chi connectivity index (χ2v) is 4.21. The molecular formula is C11H14N4. The first-order valence-electron chi connectivity index (χ1n) is 5.36. The molecule has 0 spiro atoms. The van der Waals surface area contributed by atoms with Crippen LogP contribution >= 0.6 is 0 Å². The minimum atomic E-state index is -0.0280. The van der Waals surface area contributed by atoms with E-state index in [4.69, 9.17) is 5.73 Å². The van der Waals surface area contributed by atoms with Crippen molar-refractivity contribution in [2.45, 2.75) is 31.8 Å². The molecule has 0 radical (unpaired) electrons. The number of pyridine rings is 1. The normalized spacial score (nSPS) is 18.3. The molecular weight excluding hydrogens is 188 g/mol. The highest BCUT2D eigenvalue weighted by molar-refractivity contribution is 5.71. The van der Waals surface area contributed by atoms with Crippen molar-refractivity contribution in [1.29, 1.82) is 0 Å². The molecule has 15 heavy (non-hydrogen) atoms. The Kier molecular flexibility index (Phi) is 1.79. The molecule has 3 rings (SSSR count). The third-order valence-corrected chi connectivity index (χ3v) is 2.80. The maximum atomic E-state index is 5.93. The van der Waals surface area contributed by atoms with Crippen molar-refractivity contribution in [1.82, 2.24) is 14.5 Å². The van der Waals surface area contributed by atoms with Crippen molar-refractivity contribution in [3.8, 4) is 0 Å². The van der Waals surface area contributed by atoms with Crippen molar-refractivity contribution < 1.29 is 0 Å². The summed E-state index contributed by atoms with van der Waals surface area (Å²) in [4.78, 5) is 8.94. The second-order valence-electron chi connectivity index (χ2n) is 4.21. The minimum absolute atomic E-state index is 0.0280. The summed E-state index contributed by atoms with van der Waals surface area (Å²) >= 11 is 0. The quantitative estimate of drug-likeness (QED) is 0.807. The highest BCUT2D eigenvalue weighted by Gasteiger charge is 2.29.